The van der Waals surface area contributed by atoms with Crippen LogP contribution in [0, 0.1) is 0 Å². The van der Waals surface area contributed by atoms with Gasteiger partial charge in [0.05, 0.1) is 39.9 Å². The Hall–Kier alpha value is -0.760. The molecule has 0 saturated heterocycles. The minimum Gasteiger partial charge on any atom is -0.756 e. The van der Waals surface area contributed by atoms with Gasteiger partial charge in [0.1, 0.15) is 13.2 Å². The number of nitrogens with one attached hydrogen (secondary N) is 1. The van der Waals surface area contributed by atoms with Crippen molar-refractivity contribution in [3.8, 4) is 0 Å². The van der Waals surface area contributed by atoms with Crippen LogP contribution < -0.4 is 10.2 Å². The van der Waals surface area contributed by atoms with Crippen molar-refractivity contribution in [3.63, 3.8) is 0 Å². The number of phosphoric ester groups is 1. The maximum Gasteiger partial charge on any atom is 0.268 e. The Bertz CT molecular complexity index is 1210. The fourth-order valence-electron chi connectivity index (χ4n) is 10.3. The largest absolute Gasteiger partial charge is 0.756 e. The molecule has 0 aliphatic heterocycles. The number of aliphatic hydroxyl groups is 1. The summed E-state index contributed by atoms with van der Waals surface area (Å²) < 4.78 is 23.4. The van der Waals surface area contributed by atoms with Crippen molar-refractivity contribution in [2.45, 2.75) is 360 Å². The number of unbranched alkanes of at least 4 members (excludes halogenated alkanes) is 49. The lowest BCUT2D eigenvalue weighted by molar-refractivity contribution is -0.870. The number of allylic oxidation sites excluding steroid dienone is 1. The lowest BCUT2D eigenvalue weighted by Gasteiger charge is -2.29. The minimum absolute atomic E-state index is 0.00274. The molecule has 0 saturated carbocycles. The van der Waals surface area contributed by atoms with Crippen molar-refractivity contribution in [2.75, 3.05) is 40.9 Å². The normalized spacial score (nSPS) is 13.8. The van der Waals surface area contributed by atoms with E-state index in [1.807, 2.05) is 27.2 Å². The predicted octanol–water partition coefficient (Wildman–Crippen LogP) is 19.9. The van der Waals surface area contributed by atoms with Crippen molar-refractivity contribution < 1.29 is 32.9 Å². The summed E-state index contributed by atoms with van der Waals surface area (Å²) >= 11 is 0. The van der Waals surface area contributed by atoms with E-state index in [0.717, 1.165) is 38.5 Å². The number of carbonyl (C=O) groups is 1. The van der Waals surface area contributed by atoms with Gasteiger partial charge in [-0.15, -0.1) is 0 Å². The average molecular weight is 1070 g/mol. The van der Waals surface area contributed by atoms with E-state index in [9.17, 15) is 19.4 Å². The van der Waals surface area contributed by atoms with Crippen molar-refractivity contribution in [3.05, 3.63) is 12.2 Å². The molecule has 0 aliphatic carbocycles. The number of amides is 1. The maximum absolute atomic E-state index is 13.0. The first-order chi connectivity index (χ1) is 36.0. The first kappa shape index (κ1) is 73.2. The zero-order valence-electron chi connectivity index (χ0n) is 50.6. The van der Waals surface area contributed by atoms with Gasteiger partial charge in [0.25, 0.3) is 7.82 Å². The number of rotatable bonds is 62. The molecule has 3 unspecified atom stereocenters. The molecule has 0 aromatic carbocycles. The second-order valence-electron chi connectivity index (χ2n) is 24.2. The van der Waals surface area contributed by atoms with E-state index in [2.05, 4.69) is 19.2 Å². The van der Waals surface area contributed by atoms with Gasteiger partial charge < -0.3 is 28.8 Å². The van der Waals surface area contributed by atoms with Crippen molar-refractivity contribution in [1.82, 2.24) is 5.32 Å². The summed E-state index contributed by atoms with van der Waals surface area (Å²) in [6.45, 7) is 4.71. The molecule has 0 rings (SSSR count). The van der Waals surface area contributed by atoms with E-state index >= 15 is 0 Å². The molecule has 0 fully saturated rings. The maximum atomic E-state index is 13.0. The molecule has 0 bridgehead atoms. The van der Waals surface area contributed by atoms with Crippen LogP contribution in [0.4, 0.5) is 0 Å². The molecule has 0 heterocycles. The summed E-state index contributed by atoms with van der Waals surface area (Å²) in [6, 6.07) is -0.882. The van der Waals surface area contributed by atoms with E-state index in [4.69, 9.17) is 9.05 Å². The summed E-state index contributed by atoms with van der Waals surface area (Å²) in [4.78, 5) is 25.5. The number of aliphatic hydroxyl groups excluding tert-OH is 1. The Labute approximate surface area is 462 Å². The van der Waals surface area contributed by atoms with Gasteiger partial charge in [-0.25, -0.2) is 0 Å². The van der Waals surface area contributed by atoms with Gasteiger partial charge in [0.2, 0.25) is 5.91 Å². The van der Waals surface area contributed by atoms with Crippen LogP contribution in [0.2, 0.25) is 0 Å². The number of carbonyl (C=O) groups excluding carboxylic acids is 1. The van der Waals surface area contributed by atoms with Crippen molar-refractivity contribution >= 4 is 13.7 Å². The SMILES string of the molecule is CCCCCCCCCCCCCCCCC/C=C/C(O)C(COP(=O)([O-])OCC[N+](C)(C)C)NC(=O)CCCCCCCCCCCCCCCCCCCCCCCCCCCCCCCCCCCCC. The van der Waals surface area contributed by atoms with Crippen LogP contribution in [0.5, 0.6) is 0 Å². The summed E-state index contributed by atoms with van der Waals surface area (Å²) in [5.41, 5.74) is 0. The third kappa shape index (κ3) is 58.9. The fourth-order valence-corrected chi connectivity index (χ4v) is 11.1. The van der Waals surface area contributed by atoms with Gasteiger partial charge >= 0.3 is 0 Å². The number of hydrogen-bond donors (Lipinski definition) is 2. The molecule has 74 heavy (non-hydrogen) atoms. The molecule has 0 aliphatic rings. The minimum atomic E-state index is -4.59. The van der Waals surface area contributed by atoms with Crippen LogP contribution in [0.3, 0.4) is 0 Å². The van der Waals surface area contributed by atoms with E-state index in [1.54, 1.807) is 6.08 Å². The highest BCUT2D eigenvalue weighted by atomic mass is 31.2. The summed E-state index contributed by atoms with van der Waals surface area (Å²) in [5, 5.41) is 13.9. The van der Waals surface area contributed by atoms with E-state index in [-0.39, 0.29) is 19.1 Å². The molecule has 0 radical (unpaired) electrons. The Morgan fingerprint density at radius 3 is 1.01 bits per heavy atom. The van der Waals surface area contributed by atoms with Gasteiger partial charge in [0.15, 0.2) is 0 Å². The first-order valence-electron chi connectivity index (χ1n) is 33.1. The van der Waals surface area contributed by atoms with Gasteiger partial charge in [-0.3, -0.25) is 9.36 Å². The van der Waals surface area contributed by atoms with Crippen LogP contribution in [-0.4, -0.2) is 68.5 Å². The highest BCUT2D eigenvalue weighted by Crippen LogP contribution is 2.38. The van der Waals surface area contributed by atoms with E-state index < -0.39 is 20.0 Å². The average Bonchev–Trinajstić information content (AvgIpc) is 3.36. The monoisotopic (exact) mass is 1070 g/mol. The van der Waals surface area contributed by atoms with Gasteiger partial charge in [0, 0.05) is 6.42 Å². The zero-order valence-corrected chi connectivity index (χ0v) is 51.5. The van der Waals surface area contributed by atoms with Crippen LogP contribution in [0.25, 0.3) is 0 Å². The van der Waals surface area contributed by atoms with E-state index in [0.29, 0.717) is 17.4 Å². The van der Waals surface area contributed by atoms with Gasteiger partial charge in [-0.2, -0.15) is 0 Å². The van der Waals surface area contributed by atoms with Gasteiger partial charge in [-0.1, -0.05) is 334 Å². The first-order valence-corrected chi connectivity index (χ1v) is 34.5. The second kappa shape index (κ2) is 56.9. The standard InChI is InChI=1S/C65H131N2O6P/c1-6-8-10-12-14-16-18-20-22-24-25-26-27-28-29-30-31-32-33-34-35-36-37-38-39-40-41-43-45-47-49-51-53-55-57-59-65(69)66-63(62-73-74(70,71)72-61-60-67(3,4)5)64(68)58-56-54-52-50-48-46-44-42-23-21-19-17-15-13-11-9-7-2/h56,58,63-64,68H,6-55,57,59-62H2,1-5H3,(H-,66,69,70,71)/b58-56+. The van der Waals surface area contributed by atoms with Crippen LogP contribution in [-0.2, 0) is 18.4 Å². The third-order valence-corrected chi connectivity index (χ3v) is 16.5. The molecule has 0 aromatic heterocycles. The molecule has 442 valence electrons. The Morgan fingerprint density at radius 2 is 0.730 bits per heavy atom. The Balaban J connectivity index is 3.94. The van der Waals surface area contributed by atoms with Crippen LogP contribution in [0.1, 0.15) is 348 Å². The molecular formula is C65H131N2O6P. The summed E-state index contributed by atoms with van der Waals surface area (Å²) in [7, 11) is 1.28. The molecular weight excluding hydrogens is 936 g/mol. The quantitative estimate of drug-likeness (QED) is 0.0272. The third-order valence-electron chi connectivity index (χ3n) is 15.5. The number of likely N-dealkylation sites (N-methyl/N-ethyl adjacent to an activating group) is 1. The zero-order chi connectivity index (χ0) is 54.2. The fraction of sp³-hybridized carbons (Fsp3) is 0.954. The highest BCUT2D eigenvalue weighted by molar-refractivity contribution is 7.45. The molecule has 2 N–H and O–H groups in total. The summed E-state index contributed by atoms with van der Waals surface area (Å²) in [6.07, 6.45) is 71.9. The topological polar surface area (TPSA) is 108 Å². The van der Waals surface area contributed by atoms with Crippen LogP contribution in [0.15, 0.2) is 12.2 Å². The number of nitrogens with zero attached hydrogens (tertiary/aromatic N) is 1. The molecule has 8 nitrogen and oxygen atoms in total. The van der Waals surface area contributed by atoms with Crippen LogP contribution >= 0.6 is 7.82 Å². The second-order valence-corrected chi connectivity index (χ2v) is 25.6. The Morgan fingerprint density at radius 1 is 0.459 bits per heavy atom. The highest BCUT2D eigenvalue weighted by Gasteiger charge is 2.23. The smallest absolute Gasteiger partial charge is 0.268 e. The molecule has 1 amide bonds. The Kier molecular flexibility index (Phi) is 56.4. The number of phosphoric acid groups is 1. The molecule has 3 atom stereocenters. The lowest BCUT2D eigenvalue weighted by atomic mass is 10.0. The molecule has 9 heteroatoms. The predicted molar refractivity (Wildman–Crippen MR) is 321 cm³/mol. The van der Waals surface area contributed by atoms with Crippen molar-refractivity contribution in [2.24, 2.45) is 0 Å². The molecule has 0 aromatic rings. The number of hydrogen-bond acceptors (Lipinski definition) is 6. The van der Waals surface area contributed by atoms with E-state index in [1.165, 1.54) is 289 Å². The number of quaternary nitrogens is 1. The van der Waals surface area contributed by atoms with Gasteiger partial charge in [-0.05, 0) is 19.3 Å². The summed E-state index contributed by atoms with van der Waals surface area (Å²) in [5.74, 6) is -0.189. The molecule has 0 spiro atoms. The lowest BCUT2D eigenvalue weighted by Crippen LogP contribution is -2.45. The van der Waals surface area contributed by atoms with Crippen molar-refractivity contribution in [1.29, 1.82) is 0 Å².